The first kappa shape index (κ1) is 10.2. The van der Waals surface area contributed by atoms with Crippen LogP contribution in [0.25, 0.3) is 0 Å². The van der Waals surface area contributed by atoms with Crippen LogP contribution in [0, 0.1) is 28.1 Å². The first-order valence-electron chi connectivity index (χ1n) is 6.06. The summed E-state index contributed by atoms with van der Waals surface area (Å²) in [4.78, 5) is 24.4. The minimum Gasteiger partial charge on any atom is -0.299 e. The van der Waals surface area contributed by atoms with E-state index in [-0.39, 0.29) is 28.4 Å². The molecule has 0 radical (unpaired) electrons. The van der Waals surface area contributed by atoms with Crippen LogP contribution in [0.15, 0.2) is 12.2 Å². The second-order valence-electron chi connectivity index (χ2n) is 6.51. The van der Waals surface area contributed by atoms with Crippen molar-refractivity contribution < 1.29 is 9.59 Å². The number of hydrogen-bond acceptors (Lipinski definition) is 2. The minimum absolute atomic E-state index is 0.0382. The van der Waals surface area contributed by atoms with Crippen LogP contribution in [0.3, 0.4) is 0 Å². The number of ketones is 2. The highest BCUT2D eigenvalue weighted by molar-refractivity contribution is 6.09. The lowest BCUT2D eigenvalue weighted by molar-refractivity contribution is -0.134. The Kier molecular flexibility index (Phi) is 1.50. The molecule has 0 heterocycles. The lowest BCUT2D eigenvalue weighted by atomic mass is 9.61. The van der Waals surface area contributed by atoms with Gasteiger partial charge in [0.15, 0.2) is 5.78 Å². The maximum Gasteiger partial charge on any atom is 0.163 e. The molecule has 16 heavy (non-hydrogen) atoms. The summed E-state index contributed by atoms with van der Waals surface area (Å²) in [6.45, 7) is 8.42. The molecule has 0 aromatic carbocycles. The highest BCUT2D eigenvalue weighted by Gasteiger charge is 2.85. The Bertz CT molecular complexity index is 446. The van der Waals surface area contributed by atoms with Crippen molar-refractivity contribution in [2.45, 2.75) is 34.1 Å². The molecular formula is C14H18O2. The highest BCUT2D eigenvalue weighted by atomic mass is 16.1. The molecule has 1 spiro atoms. The summed E-state index contributed by atoms with van der Waals surface area (Å²) < 4.78 is 0. The molecule has 0 aromatic rings. The second-order valence-corrected chi connectivity index (χ2v) is 6.51. The molecule has 0 unspecified atom stereocenters. The van der Waals surface area contributed by atoms with Gasteiger partial charge in [-0.1, -0.05) is 33.8 Å². The van der Waals surface area contributed by atoms with E-state index >= 15 is 0 Å². The smallest absolute Gasteiger partial charge is 0.163 e. The van der Waals surface area contributed by atoms with E-state index in [2.05, 4.69) is 33.8 Å². The van der Waals surface area contributed by atoms with Gasteiger partial charge in [-0.05, 0) is 17.4 Å². The molecule has 3 rings (SSSR count). The van der Waals surface area contributed by atoms with E-state index in [1.54, 1.807) is 6.08 Å². The Labute approximate surface area is 96.1 Å². The van der Waals surface area contributed by atoms with Gasteiger partial charge in [-0.3, -0.25) is 9.59 Å². The van der Waals surface area contributed by atoms with Crippen LogP contribution < -0.4 is 0 Å². The van der Waals surface area contributed by atoms with Gasteiger partial charge in [0.2, 0.25) is 0 Å². The van der Waals surface area contributed by atoms with E-state index < -0.39 is 5.41 Å². The van der Waals surface area contributed by atoms with Gasteiger partial charge in [0.1, 0.15) is 5.78 Å². The molecule has 0 saturated heterocycles. The third kappa shape index (κ3) is 0.677. The van der Waals surface area contributed by atoms with Gasteiger partial charge in [-0.2, -0.15) is 0 Å². The zero-order chi connectivity index (χ0) is 11.9. The van der Waals surface area contributed by atoms with Gasteiger partial charge in [-0.15, -0.1) is 0 Å². The Balaban J connectivity index is 2.24. The molecule has 3 aliphatic rings. The summed E-state index contributed by atoms with van der Waals surface area (Å²) in [5.41, 5.74) is -0.662. The molecule has 0 amide bonds. The molecule has 2 saturated carbocycles. The maximum atomic E-state index is 12.2. The average Bonchev–Trinajstić information content (AvgIpc) is 2.59. The fraction of sp³-hybridized carbons (Fsp3) is 0.714. The van der Waals surface area contributed by atoms with Crippen LogP contribution in [0.2, 0.25) is 0 Å². The van der Waals surface area contributed by atoms with Crippen molar-refractivity contribution in [3.63, 3.8) is 0 Å². The SMILES string of the molecule is C[C@@H]1CC(=O)[C@@H]2C(C)(C)[C@@]23C(=O)C=C[C@@]13C. The van der Waals surface area contributed by atoms with E-state index in [1.165, 1.54) is 0 Å². The van der Waals surface area contributed by atoms with Crippen molar-refractivity contribution in [1.82, 2.24) is 0 Å². The molecule has 0 bridgehead atoms. The summed E-state index contributed by atoms with van der Waals surface area (Å²) in [5.74, 6) is 0.723. The van der Waals surface area contributed by atoms with Gasteiger partial charge in [0.25, 0.3) is 0 Å². The number of hydrogen-bond donors (Lipinski definition) is 0. The third-order valence-electron chi connectivity index (χ3n) is 5.76. The maximum absolute atomic E-state index is 12.2. The van der Waals surface area contributed by atoms with E-state index in [0.717, 1.165) is 0 Å². The van der Waals surface area contributed by atoms with Crippen molar-refractivity contribution in [1.29, 1.82) is 0 Å². The number of rotatable bonds is 0. The van der Waals surface area contributed by atoms with Crippen LogP contribution in [0.4, 0.5) is 0 Å². The molecule has 2 nitrogen and oxygen atoms in total. The summed E-state index contributed by atoms with van der Waals surface area (Å²) in [6.07, 6.45) is 4.41. The van der Waals surface area contributed by atoms with Crippen molar-refractivity contribution in [2.75, 3.05) is 0 Å². The fourth-order valence-corrected chi connectivity index (χ4v) is 4.83. The predicted octanol–water partition coefficient (Wildman–Crippen LogP) is 2.38. The molecule has 4 atom stereocenters. The summed E-state index contributed by atoms with van der Waals surface area (Å²) in [6, 6.07) is 0. The van der Waals surface area contributed by atoms with E-state index in [1.807, 2.05) is 0 Å². The predicted molar refractivity (Wildman–Crippen MR) is 60.7 cm³/mol. The van der Waals surface area contributed by atoms with Gasteiger partial charge in [-0.25, -0.2) is 0 Å². The zero-order valence-electron chi connectivity index (χ0n) is 10.3. The molecule has 0 aromatic heterocycles. The molecule has 0 aliphatic heterocycles. The first-order valence-corrected chi connectivity index (χ1v) is 6.06. The van der Waals surface area contributed by atoms with Crippen LogP contribution in [0.1, 0.15) is 34.1 Å². The summed E-state index contributed by atoms with van der Waals surface area (Å²) in [7, 11) is 0. The van der Waals surface area contributed by atoms with Crippen molar-refractivity contribution in [3.8, 4) is 0 Å². The Morgan fingerprint density at radius 2 is 1.88 bits per heavy atom. The van der Waals surface area contributed by atoms with Gasteiger partial charge in [0.05, 0.1) is 5.41 Å². The summed E-state index contributed by atoms with van der Waals surface area (Å²) in [5, 5.41) is 0. The number of carbonyl (C=O) groups is 2. The highest BCUT2D eigenvalue weighted by Crippen LogP contribution is 2.82. The number of carbonyl (C=O) groups excluding carboxylic acids is 2. The van der Waals surface area contributed by atoms with E-state index in [4.69, 9.17) is 0 Å². The van der Waals surface area contributed by atoms with Crippen molar-refractivity contribution in [2.24, 2.45) is 28.1 Å². The zero-order valence-corrected chi connectivity index (χ0v) is 10.3. The van der Waals surface area contributed by atoms with E-state index in [9.17, 15) is 9.59 Å². The van der Waals surface area contributed by atoms with Gasteiger partial charge < -0.3 is 0 Å². The number of allylic oxidation sites excluding steroid dienone is 2. The summed E-state index contributed by atoms with van der Waals surface area (Å²) >= 11 is 0. The van der Waals surface area contributed by atoms with E-state index in [0.29, 0.717) is 12.2 Å². The Morgan fingerprint density at radius 3 is 2.50 bits per heavy atom. The fourth-order valence-electron chi connectivity index (χ4n) is 4.83. The van der Waals surface area contributed by atoms with Crippen LogP contribution in [-0.4, -0.2) is 11.6 Å². The lowest BCUT2D eigenvalue weighted by Crippen LogP contribution is -2.43. The number of Topliss-reactive ketones (excluding diaryl/α,β-unsaturated/α-hetero) is 1. The van der Waals surface area contributed by atoms with Gasteiger partial charge in [0, 0.05) is 17.8 Å². The Hall–Kier alpha value is -0.920. The molecule has 2 fully saturated rings. The average molecular weight is 218 g/mol. The molecule has 2 heteroatoms. The molecule has 86 valence electrons. The quantitative estimate of drug-likeness (QED) is 0.625. The first-order chi connectivity index (χ1) is 7.30. The topological polar surface area (TPSA) is 34.1 Å². The Morgan fingerprint density at radius 1 is 1.25 bits per heavy atom. The minimum atomic E-state index is -0.408. The monoisotopic (exact) mass is 218 g/mol. The van der Waals surface area contributed by atoms with Crippen molar-refractivity contribution in [3.05, 3.63) is 12.2 Å². The van der Waals surface area contributed by atoms with Crippen LogP contribution >= 0.6 is 0 Å². The lowest BCUT2D eigenvalue weighted by Gasteiger charge is -2.40. The normalized spacial score (nSPS) is 52.5. The molecule has 0 N–H and O–H groups in total. The largest absolute Gasteiger partial charge is 0.299 e. The third-order valence-corrected chi connectivity index (χ3v) is 5.76. The molecular weight excluding hydrogens is 200 g/mol. The van der Waals surface area contributed by atoms with Gasteiger partial charge >= 0.3 is 0 Å². The second kappa shape index (κ2) is 2.34. The van der Waals surface area contributed by atoms with Crippen LogP contribution in [0.5, 0.6) is 0 Å². The molecule has 3 aliphatic carbocycles. The van der Waals surface area contributed by atoms with Crippen LogP contribution in [-0.2, 0) is 9.59 Å². The van der Waals surface area contributed by atoms with Crippen molar-refractivity contribution >= 4 is 11.6 Å². The standard InChI is InChI=1S/C14H18O2/c1-8-7-9(15)11-12(2,3)14(11)10(16)5-6-13(8,14)4/h5-6,8,11H,7H2,1-4H3/t8-,11-,13+,14-/m1/s1.